The summed E-state index contributed by atoms with van der Waals surface area (Å²) < 4.78 is 0. The second kappa shape index (κ2) is 2.12. The molecular weight excluding hydrogens is 110 g/mol. The fourth-order valence-electron chi connectivity index (χ4n) is 0.304. The van der Waals surface area contributed by atoms with Crippen LogP contribution in [0.3, 0.4) is 0 Å². The molecule has 0 spiro atoms. The molecule has 8 heavy (non-hydrogen) atoms. The van der Waals surface area contributed by atoms with Crippen molar-refractivity contribution in [3.8, 4) is 0 Å². The molecule has 1 aliphatic rings. The number of hydrogen-bond donors (Lipinski definition) is 3. The Morgan fingerprint density at radius 3 is 3.25 bits per heavy atom. The number of nitrogens with zero attached hydrogens (tertiary/aromatic N) is 2. The Kier molecular flexibility index (Phi) is 1.29. The van der Waals surface area contributed by atoms with Gasteiger partial charge in [0, 0.05) is 0 Å². The SMILES string of the molecule is O=[C]NN1C=NNN1. The maximum Gasteiger partial charge on any atom is 0.330 e. The van der Waals surface area contributed by atoms with Gasteiger partial charge in [0.1, 0.15) is 0 Å². The number of rotatable bonds is 2. The molecule has 1 radical (unpaired) electrons. The fourth-order valence-corrected chi connectivity index (χ4v) is 0.304. The van der Waals surface area contributed by atoms with E-state index in [1.54, 1.807) is 0 Å². The van der Waals surface area contributed by atoms with Gasteiger partial charge in [-0.25, -0.2) is 11.0 Å². The summed E-state index contributed by atoms with van der Waals surface area (Å²) in [5, 5.41) is 4.70. The first-order chi connectivity index (χ1) is 3.93. The molecule has 0 saturated carbocycles. The highest BCUT2D eigenvalue weighted by molar-refractivity contribution is 5.58. The summed E-state index contributed by atoms with van der Waals surface area (Å²) in [4.78, 5) is 9.55. The molecule has 6 heteroatoms. The van der Waals surface area contributed by atoms with E-state index >= 15 is 0 Å². The van der Waals surface area contributed by atoms with Gasteiger partial charge in [-0.05, 0) is 0 Å². The van der Waals surface area contributed by atoms with Crippen molar-refractivity contribution in [2.24, 2.45) is 5.10 Å². The molecule has 0 fully saturated rings. The Morgan fingerprint density at radius 2 is 2.75 bits per heavy atom. The normalized spacial score (nSPS) is 15.8. The van der Waals surface area contributed by atoms with Crippen LogP contribution in [0.15, 0.2) is 5.10 Å². The molecular formula is C2H4N5O. The summed E-state index contributed by atoms with van der Waals surface area (Å²) in [5.41, 5.74) is 6.96. The van der Waals surface area contributed by atoms with Crippen molar-refractivity contribution in [1.82, 2.24) is 21.6 Å². The number of hydrogen-bond acceptors (Lipinski definition) is 5. The number of hydrazine groups is 3. The van der Waals surface area contributed by atoms with E-state index < -0.39 is 0 Å². The van der Waals surface area contributed by atoms with Gasteiger partial charge in [0.15, 0.2) is 6.34 Å². The van der Waals surface area contributed by atoms with Crippen LogP contribution < -0.4 is 16.5 Å². The second-order valence-corrected chi connectivity index (χ2v) is 1.05. The minimum atomic E-state index is 1.22. The first kappa shape index (κ1) is 4.85. The van der Waals surface area contributed by atoms with E-state index in [0.29, 0.717) is 0 Å². The van der Waals surface area contributed by atoms with Gasteiger partial charge in [0.05, 0.1) is 0 Å². The number of carbonyl (C=O) groups excluding carboxylic acids is 1. The van der Waals surface area contributed by atoms with Crippen molar-refractivity contribution in [2.45, 2.75) is 0 Å². The van der Waals surface area contributed by atoms with Gasteiger partial charge in [-0.15, -0.1) is 10.6 Å². The maximum atomic E-state index is 9.55. The van der Waals surface area contributed by atoms with E-state index in [4.69, 9.17) is 0 Å². The molecule has 1 heterocycles. The Morgan fingerprint density at radius 1 is 1.88 bits per heavy atom. The number of amides is 1. The summed E-state index contributed by atoms with van der Waals surface area (Å²) in [7, 11) is 0. The molecule has 6 nitrogen and oxygen atoms in total. The van der Waals surface area contributed by atoms with E-state index in [2.05, 4.69) is 21.6 Å². The summed E-state index contributed by atoms with van der Waals surface area (Å²) in [6.07, 6.45) is 2.79. The minimum absolute atomic E-state index is 1.22. The largest absolute Gasteiger partial charge is 0.330 e. The number of hydrazone groups is 1. The van der Waals surface area contributed by atoms with Crippen molar-refractivity contribution < 1.29 is 4.79 Å². The van der Waals surface area contributed by atoms with Crippen LogP contribution in [0.5, 0.6) is 0 Å². The van der Waals surface area contributed by atoms with Crippen molar-refractivity contribution >= 4 is 12.7 Å². The van der Waals surface area contributed by atoms with Gasteiger partial charge < -0.3 is 0 Å². The summed E-state index contributed by atoms with van der Waals surface area (Å²) in [6.45, 7) is 0. The molecule has 0 aromatic rings. The zero-order valence-corrected chi connectivity index (χ0v) is 3.88. The topological polar surface area (TPSA) is 68.8 Å². The molecule has 43 valence electrons. The van der Waals surface area contributed by atoms with Gasteiger partial charge in [0.25, 0.3) is 0 Å². The molecule has 0 aromatic heterocycles. The molecule has 0 bridgehead atoms. The average molecular weight is 114 g/mol. The van der Waals surface area contributed by atoms with E-state index in [9.17, 15) is 4.79 Å². The molecule has 1 aliphatic heterocycles. The Labute approximate surface area is 45.4 Å². The second-order valence-electron chi connectivity index (χ2n) is 1.05. The Hall–Kier alpha value is -1.30. The molecule has 0 unspecified atom stereocenters. The lowest BCUT2D eigenvalue weighted by molar-refractivity contribution is 0.260. The third kappa shape index (κ3) is 0.850. The molecule has 0 saturated heterocycles. The van der Waals surface area contributed by atoms with E-state index in [1.807, 2.05) is 0 Å². The Bertz CT molecular complexity index is 111. The third-order valence-corrected chi connectivity index (χ3v) is 0.574. The molecule has 1 rings (SSSR count). The van der Waals surface area contributed by atoms with Crippen LogP contribution in [0.2, 0.25) is 0 Å². The lowest BCUT2D eigenvalue weighted by atomic mass is 11.2. The smallest absolute Gasteiger partial charge is 0.262 e. The molecule has 0 atom stereocenters. The standard InChI is InChI=1S/C2H4N5O/c8-2-4-7-1-3-5-6-7/h1,5-6H,(H,4,8). The highest BCUT2D eigenvalue weighted by atomic mass is 16.1. The summed E-state index contributed by atoms with van der Waals surface area (Å²) in [5.74, 6) is 0. The van der Waals surface area contributed by atoms with Crippen LogP contribution in [0.4, 0.5) is 0 Å². The molecule has 1 amide bonds. The van der Waals surface area contributed by atoms with Crippen LogP contribution in [0, 0.1) is 0 Å². The predicted octanol–water partition coefficient (Wildman–Crippen LogP) is -2.17. The van der Waals surface area contributed by atoms with Crippen molar-refractivity contribution in [3.05, 3.63) is 0 Å². The highest BCUT2D eigenvalue weighted by Gasteiger charge is 1.98. The van der Waals surface area contributed by atoms with Crippen molar-refractivity contribution in [1.29, 1.82) is 0 Å². The van der Waals surface area contributed by atoms with E-state index in [0.717, 1.165) is 0 Å². The summed E-state index contributed by atoms with van der Waals surface area (Å²) >= 11 is 0. The Balaban J connectivity index is 2.25. The van der Waals surface area contributed by atoms with Crippen molar-refractivity contribution in [3.63, 3.8) is 0 Å². The molecule has 3 N–H and O–H groups in total. The van der Waals surface area contributed by atoms with Crippen LogP contribution in [-0.4, -0.2) is 17.9 Å². The lowest BCUT2D eigenvalue weighted by Crippen LogP contribution is -2.45. The quantitative estimate of drug-likeness (QED) is 0.357. The van der Waals surface area contributed by atoms with Gasteiger partial charge in [-0.2, -0.15) is 5.12 Å². The van der Waals surface area contributed by atoms with E-state index in [-0.39, 0.29) is 0 Å². The van der Waals surface area contributed by atoms with Crippen molar-refractivity contribution in [2.75, 3.05) is 0 Å². The zero-order valence-electron chi connectivity index (χ0n) is 3.88. The summed E-state index contributed by atoms with van der Waals surface area (Å²) in [6, 6.07) is 0. The zero-order chi connectivity index (χ0) is 5.82. The predicted molar refractivity (Wildman–Crippen MR) is 25.4 cm³/mol. The number of nitrogens with one attached hydrogen (secondary N) is 3. The van der Waals surface area contributed by atoms with Gasteiger partial charge in [-0.3, -0.25) is 4.79 Å². The van der Waals surface area contributed by atoms with Gasteiger partial charge in [0.2, 0.25) is 0 Å². The van der Waals surface area contributed by atoms with Crippen LogP contribution in [0.25, 0.3) is 0 Å². The third-order valence-electron chi connectivity index (χ3n) is 0.574. The monoisotopic (exact) mass is 114 g/mol. The fraction of sp³-hybridized carbons (Fsp3) is 0. The van der Waals surface area contributed by atoms with Gasteiger partial charge >= 0.3 is 6.41 Å². The molecule has 0 aromatic carbocycles. The van der Waals surface area contributed by atoms with Crippen LogP contribution in [-0.2, 0) is 4.79 Å². The lowest BCUT2D eigenvalue weighted by Gasteiger charge is -2.07. The maximum absolute atomic E-state index is 9.55. The van der Waals surface area contributed by atoms with Gasteiger partial charge in [-0.1, -0.05) is 0 Å². The highest BCUT2D eigenvalue weighted by Crippen LogP contribution is 1.69. The molecule has 0 aliphatic carbocycles. The van der Waals surface area contributed by atoms with Crippen LogP contribution >= 0.6 is 0 Å². The first-order valence-corrected chi connectivity index (χ1v) is 1.89. The van der Waals surface area contributed by atoms with E-state index in [1.165, 1.54) is 17.9 Å². The first-order valence-electron chi connectivity index (χ1n) is 1.89. The van der Waals surface area contributed by atoms with Crippen LogP contribution in [0.1, 0.15) is 0 Å². The average Bonchev–Trinajstić information content (AvgIpc) is 2.19. The minimum Gasteiger partial charge on any atom is -0.262 e.